The van der Waals surface area contributed by atoms with E-state index in [1.54, 1.807) is 12.4 Å². The van der Waals surface area contributed by atoms with Crippen molar-refractivity contribution in [1.29, 1.82) is 0 Å². The molecule has 4 heteroatoms. The highest BCUT2D eigenvalue weighted by atomic mass is 16.5. The molecule has 0 aliphatic carbocycles. The van der Waals surface area contributed by atoms with Gasteiger partial charge in [-0.05, 0) is 48.5 Å². The van der Waals surface area contributed by atoms with E-state index in [0.29, 0.717) is 0 Å². The number of hydrogen-bond donors (Lipinski definition) is 2. The zero-order valence-electron chi connectivity index (χ0n) is 11.4. The first-order valence-electron chi connectivity index (χ1n) is 6.61. The molecule has 21 heavy (non-hydrogen) atoms. The van der Waals surface area contributed by atoms with Crippen molar-refractivity contribution in [2.45, 2.75) is 0 Å². The molecule has 0 bridgehead atoms. The zero-order chi connectivity index (χ0) is 14.5. The van der Waals surface area contributed by atoms with Crippen LogP contribution in [0.15, 0.2) is 73.1 Å². The number of nitrogens with two attached hydrogens (primary N) is 1. The second kappa shape index (κ2) is 5.96. The standard InChI is InChI=1S/C17H15N3O/c18-16-3-1-2-4-17(16)20-13-5-7-14(8-6-13)21-15-9-11-19-12-10-15/h1-12,20H,18H2. The molecule has 0 aliphatic rings. The highest BCUT2D eigenvalue weighted by Gasteiger charge is 2.00. The van der Waals surface area contributed by atoms with Gasteiger partial charge in [0.25, 0.3) is 0 Å². The summed E-state index contributed by atoms with van der Waals surface area (Å²) in [6.45, 7) is 0. The van der Waals surface area contributed by atoms with Crippen molar-refractivity contribution < 1.29 is 4.74 Å². The molecule has 2 aromatic carbocycles. The van der Waals surface area contributed by atoms with E-state index in [0.717, 1.165) is 28.6 Å². The van der Waals surface area contributed by atoms with Crippen molar-refractivity contribution in [1.82, 2.24) is 4.98 Å². The molecule has 1 aromatic heterocycles. The molecule has 0 spiro atoms. The molecule has 0 saturated heterocycles. The lowest BCUT2D eigenvalue weighted by atomic mass is 10.2. The van der Waals surface area contributed by atoms with E-state index in [-0.39, 0.29) is 0 Å². The molecule has 0 saturated carbocycles. The molecule has 3 N–H and O–H groups in total. The Morgan fingerprint density at radius 1 is 0.810 bits per heavy atom. The molecular formula is C17H15N3O. The summed E-state index contributed by atoms with van der Waals surface area (Å²) in [6.07, 6.45) is 3.40. The van der Waals surface area contributed by atoms with Gasteiger partial charge in [-0.1, -0.05) is 12.1 Å². The Labute approximate surface area is 123 Å². The molecule has 1 heterocycles. The lowest BCUT2D eigenvalue weighted by Crippen LogP contribution is -1.95. The maximum atomic E-state index is 5.91. The minimum absolute atomic E-state index is 0.717. The second-order valence-electron chi connectivity index (χ2n) is 4.52. The fourth-order valence-electron chi connectivity index (χ4n) is 1.92. The first kappa shape index (κ1) is 13.0. The normalized spacial score (nSPS) is 10.1. The van der Waals surface area contributed by atoms with Crippen molar-refractivity contribution in [2.75, 3.05) is 11.1 Å². The van der Waals surface area contributed by atoms with Gasteiger partial charge in [0.15, 0.2) is 0 Å². The Bertz CT molecular complexity index is 712. The minimum atomic E-state index is 0.717. The van der Waals surface area contributed by atoms with E-state index < -0.39 is 0 Å². The quantitative estimate of drug-likeness (QED) is 0.702. The van der Waals surface area contributed by atoms with E-state index in [2.05, 4.69) is 10.3 Å². The highest BCUT2D eigenvalue weighted by molar-refractivity contribution is 5.72. The predicted molar refractivity (Wildman–Crippen MR) is 84.9 cm³/mol. The van der Waals surface area contributed by atoms with E-state index >= 15 is 0 Å². The number of nitrogens with zero attached hydrogens (tertiary/aromatic N) is 1. The van der Waals surface area contributed by atoms with E-state index in [9.17, 15) is 0 Å². The predicted octanol–water partition coefficient (Wildman–Crippen LogP) is 4.20. The van der Waals surface area contributed by atoms with Crippen molar-refractivity contribution in [3.8, 4) is 11.5 Å². The van der Waals surface area contributed by atoms with E-state index in [1.807, 2.05) is 60.7 Å². The van der Waals surface area contributed by atoms with Gasteiger partial charge < -0.3 is 15.8 Å². The number of rotatable bonds is 4. The van der Waals surface area contributed by atoms with Crippen LogP contribution in [0.25, 0.3) is 0 Å². The van der Waals surface area contributed by atoms with Gasteiger partial charge in [0.05, 0.1) is 11.4 Å². The topological polar surface area (TPSA) is 60.2 Å². The molecule has 0 amide bonds. The number of nitrogens with one attached hydrogen (secondary N) is 1. The van der Waals surface area contributed by atoms with E-state index in [1.165, 1.54) is 0 Å². The van der Waals surface area contributed by atoms with Crippen molar-refractivity contribution in [2.24, 2.45) is 0 Å². The Morgan fingerprint density at radius 3 is 2.19 bits per heavy atom. The van der Waals surface area contributed by atoms with Gasteiger partial charge in [0.2, 0.25) is 0 Å². The van der Waals surface area contributed by atoms with Crippen molar-refractivity contribution in [3.63, 3.8) is 0 Å². The van der Waals surface area contributed by atoms with Crippen LogP contribution in [-0.2, 0) is 0 Å². The minimum Gasteiger partial charge on any atom is -0.457 e. The Balaban J connectivity index is 1.71. The Hall–Kier alpha value is -3.01. The van der Waals surface area contributed by atoms with Crippen LogP contribution in [0.2, 0.25) is 0 Å². The summed E-state index contributed by atoms with van der Waals surface area (Å²) in [6, 6.07) is 19.0. The third-order valence-corrected chi connectivity index (χ3v) is 2.98. The smallest absolute Gasteiger partial charge is 0.130 e. The first-order valence-corrected chi connectivity index (χ1v) is 6.61. The third-order valence-electron chi connectivity index (χ3n) is 2.98. The van der Waals surface area contributed by atoms with Gasteiger partial charge in [-0.25, -0.2) is 0 Å². The lowest BCUT2D eigenvalue weighted by molar-refractivity contribution is 0.482. The lowest BCUT2D eigenvalue weighted by Gasteiger charge is -2.10. The number of pyridine rings is 1. The fourth-order valence-corrected chi connectivity index (χ4v) is 1.92. The van der Waals surface area contributed by atoms with Gasteiger partial charge in [-0.3, -0.25) is 4.98 Å². The van der Waals surface area contributed by atoms with Gasteiger partial charge in [0, 0.05) is 18.1 Å². The summed E-state index contributed by atoms with van der Waals surface area (Å²) in [5, 5.41) is 3.27. The monoisotopic (exact) mass is 277 g/mol. The summed E-state index contributed by atoms with van der Waals surface area (Å²) in [7, 11) is 0. The molecule has 3 rings (SSSR count). The number of nitrogen functional groups attached to an aromatic ring is 1. The van der Waals surface area contributed by atoms with Crippen LogP contribution in [-0.4, -0.2) is 4.98 Å². The van der Waals surface area contributed by atoms with Gasteiger partial charge in [-0.15, -0.1) is 0 Å². The van der Waals surface area contributed by atoms with Gasteiger partial charge in [0.1, 0.15) is 11.5 Å². The van der Waals surface area contributed by atoms with Crippen molar-refractivity contribution in [3.05, 3.63) is 73.1 Å². The van der Waals surface area contributed by atoms with Crippen LogP contribution in [0.5, 0.6) is 11.5 Å². The molecule has 0 unspecified atom stereocenters. The van der Waals surface area contributed by atoms with Crippen LogP contribution < -0.4 is 15.8 Å². The number of benzene rings is 2. The molecule has 4 nitrogen and oxygen atoms in total. The number of hydrogen-bond acceptors (Lipinski definition) is 4. The Morgan fingerprint density at radius 2 is 1.48 bits per heavy atom. The van der Waals surface area contributed by atoms with Crippen LogP contribution >= 0.6 is 0 Å². The van der Waals surface area contributed by atoms with Crippen LogP contribution in [0.1, 0.15) is 0 Å². The molecule has 0 radical (unpaired) electrons. The van der Waals surface area contributed by atoms with Crippen molar-refractivity contribution >= 4 is 17.1 Å². The summed E-state index contributed by atoms with van der Waals surface area (Å²) in [4.78, 5) is 3.95. The summed E-state index contributed by atoms with van der Waals surface area (Å²) >= 11 is 0. The van der Waals surface area contributed by atoms with Crippen LogP contribution in [0, 0.1) is 0 Å². The largest absolute Gasteiger partial charge is 0.457 e. The first-order chi connectivity index (χ1) is 10.3. The molecule has 0 atom stereocenters. The summed E-state index contributed by atoms with van der Waals surface area (Å²) in [5.74, 6) is 1.53. The number of anilines is 3. The summed E-state index contributed by atoms with van der Waals surface area (Å²) < 4.78 is 5.71. The second-order valence-corrected chi connectivity index (χ2v) is 4.52. The van der Waals surface area contributed by atoms with Crippen LogP contribution in [0.4, 0.5) is 17.1 Å². The average Bonchev–Trinajstić information content (AvgIpc) is 2.52. The average molecular weight is 277 g/mol. The molecular weight excluding hydrogens is 262 g/mol. The number of ether oxygens (including phenoxy) is 1. The molecule has 0 fully saturated rings. The molecule has 3 aromatic rings. The number of aromatic nitrogens is 1. The third kappa shape index (κ3) is 3.30. The SMILES string of the molecule is Nc1ccccc1Nc1ccc(Oc2ccncc2)cc1. The maximum Gasteiger partial charge on any atom is 0.130 e. The van der Waals surface area contributed by atoms with Gasteiger partial charge >= 0.3 is 0 Å². The van der Waals surface area contributed by atoms with E-state index in [4.69, 9.17) is 10.5 Å². The number of para-hydroxylation sites is 2. The van der Waals surface area contributed by atoms with Crippen LogP contribution in [0.3, 0.4) is 0 Å². The van der Waals surface area contributed by atoms with Gasteiger partial charge in [-0.2, -0.15) is 0 Å². The summed E-state index contributed by atoms with van der Waals surface area (Å²) in [5.41, 5.74) is 8.47. The Kier molecular flexibility index (Phi) is 3.69. The molecule has 0 aliphatic heterocycles. The molecule has 104 valence electrons. The highest BCUT2D eigenvalue weighted by Crippen LogP contribution is 2.26. The fraction of sp³-hybridized carbons (Fsp3) is 0. The zero-order valence-corrected chi connectivity index (χ0v) is 11.4. The maximum absolute atomic E-state index is 5.91.